The molecule has 0 aliphatic carbocycles. The highest BCUT2D eigenvalue weighted by atomic mass is 16.6. The molecule has 368 valence electrons. The largest absolute Gasteiger partial charge is 0.462 e. The van der Waals surface area contributed by atoms with Gasteiger partial charge in [-0.05, 0) is 31.1 Å². The van der Waals surface area contributed by atoms with Gasteiger partial charge in [-0.1, -0.05) is 272 Å². The second kappa shape index (κ2) is 48.9. The van der Waals surface area contributed by atoms with Gasteiger partial charge in [0, 0.05) is 19.3 Å². The number of ether oxygens (including phenoxy) is 3. The molecule has 0 heterocycles. The van der Waals surface area contributed by atoms with Crippen molar-refractivity contribution in [1.29, 1.82) is 0 Å². The van der Waals surface area contributed by atoms with Gasteiger partial charge < -0.3 is 14.2 Å². The SMILES string of the molecule is CCCCCCCCCC(=O)OC[C@@H](COC(=O)CCCCCCCCCCCCCCCCCCCCC(C)CC)OC(=O)CCCCCCCCCCCCCCC(C)C. The van der Waals surface area contributed by atoms with E-state index >= 15 is 0 Å². The van der Waals surface area contributed by atoms with Crippen LogP contribution in [0.5, 0.6) is 0 Å². The van der Waals surface area contributed by atoms with Crippen molar-refractivity contribution in [2.45, 2.75) is 317 Å². The number of carbonyl (C=O) groups excluding carboxylic acids is 3. The lowest BCUT2D eigenvalue weighted by atomic mass is 9.99. The molecule has 62 heavy (non-hydrogen) atoms. The number of rotatable bonds is 50. The summed E-state index contributed by atoms with van der Waals surface area (Å²) in [6, 6.07) is 0. The molecule has 0 saturated carbocycles. The second-order valence-corrected chi connectivity index (χ2v) is 19.9. The minimum atomic E-state index is -0.761. The average molecular weight is 877 g/mol. The summed E-state index contributed by atoms with van der Waals surface area (Å²) in [5.41, 5.74) is 0. The van der Waals surface area contributed by atoms with Crippen molar-refractivity contribution in [2.75, 3.05) is 13.2 Å². The van der Waals surface area contributed by atoms with Gasteiger partial charge in [-0.25, -0.2) is 0 Å². The zero-order valence-electron chi connectivity index (χ0n) is 42.5. The van der Waals surface area contributed by atoms with Crippen molar-refractivity contribution in [3.05, 3.63) is 0 Å². The molecule has 0 aromatic heterocycles. The molecule has 0 N–H and O–H groups in total. The summed E-state index contributed by atoms with van der Waals surface area (Å²) >= 11 is 0. The topological polar surface area (TPSA) is 78.9 Å². The Morgan fingerprint density at radius 3 is 0.919 bits per heavy atom. The van der Waals surface area contributed by atoms with Gasteiger partial charge in [-0.3, -0.25) is 14.4 Å². The molecule has 0 aliphatic heterocycles. The average Bonchev–Trinajstić information content (AvgIpc) is 3.26. The van der Waals surface area contributed by atoms with E-state index in [0.717, 1.165) is 69.6 Å². The Morgan fingerprint density at radius 2 is 0.613 bits per heavy atom. The first kappa shape index (κ1) is 60.4. The fourth-order valence-corrected chi connectivity index (χ4v) is 8.49. The molecule has 0 aromatic carbocycles. The van der Waals surface area contributed by atoms with Gasteiger partial charge in [-0.15, -0.1) is 0 Å². The van der Waals surface area contributed by atoms with Crippen LogP contribution in [0.1, 0.15) is 311 Å². The summed E-state index contributed by atoms with van der Waals surface area (Å²) in [6.45, 7) is 11.4. The highest BCUT2D eigenvalue weighted by Crippen LogP contribution is 2.18. The quantitative estimate of drug-likeness (QED) is 0.0344. The lowest BCUT2D eigenvalue weighted by molar-refractivity contribution is -0.167. The van der Waals surface area contributed by atoms with Crippen LogP contribution >= 0.6 is 0 Å². The zero-order valence-corrected chi connectivity index (χ0v) is 42.5. The summed E-state index contributed by atoms with van der Waals surface area (Å²) in [6.07, 6.45) is 51.1. The van der Waals surface area contributed by atoms with E-state index < -0.39 is 6.10 Å². The molecule has 0 radical (unpaired) electrons. The Kier molecular flexibility index (Phi) is 47.6. The van der Waals surface area contributed by atoms with Gasteiger partial charge in [-0.2, -0.15) is 0 Å². The van der Waals surface area contributed by atoms with Crippen LogP contribution < -0.4 is 0 Å². The number of esters is 3. The first-order chi connectivity index (χ1) is 30.3. The van der Waals surface area contributed by atoms with Crippen LogP contribution in [0.25, 0.3) is 0 Å². The van der Waals surface area contributed by atoms with E-state index in [1.165, 1.54) is 199 Å². The van der Waals surface area contributed by atoms with Gasteiger partial charge in [0.15, 0.2) is 6.10 Å². The van der Waals surface area contributed by atoms with Crippen molar-refractivity contribution in [2.24, 2.45) is 11.8 Å². The lowest BCUT2D eigenvalue weighted by Crippen LogP contribution is -2.30. The van der Waals surface area contributed by atoms with E-state index in [1.54, 1.807) is 0 Å². The van der Waals surface area contributed by atoms with Crippen LogP contribution in [0.3, 0.4) is 0 Å². The van der Waals surface area contributed by atoms with Crippen molar-refractivity contribution >= 4 is 17.9 Å². The molecule has 6 heteroatoms. The lowest BCUT2D eigenvalue weighted by Gasteiger charge is -2.18. The summed E-state index contributed by atoms with van der Waals surface area (Å²) in [7, 11) is 0. The molecule has 2 atom stereocenters. The third-order valence-electron chi connectivity index (χ3n) is 13.1. The van der Waals surface area contributed by atoms with Crippen LogP contribution in [0, 0.1) is 11.8 Å². The monoisotopic (exact) mass is 877 g/mol. The van der Waals surface area contributed by atoms with Crippen molar-refractivity contribution in [3.63, 3.8) is 0 Å². The molecule has 1 unspecified atom stereocenters. The number of unbranched alkanes of at least 4 members (excludes halogenated alkanes) is 34. The van der Waals surface area contributed by atoms with Gasteiger partial charge in [0.2, 0.25) is 0 Å². The minimum absolute atomic E-state index is 0.0635. The van der Waals surface area contributed by atoms with Gasteiger partial charge in [0.1, 0.15) is 13.2 Å². The molecule has 0 rings (SSSR count). The summed E-state index contributed by atoms with van der Waals surface area (Å²) in [4.78, 5) is 37.9. The summed E-state index contributed by atoms with van der Waals surface area (Å²) in [5.74, 6) is 0.892. The fraction of sp³-hybridized carbons (Fsp3) is 0.946. The summed E-state index contributed by atoms with van der Waals surface area (Å²) in [5, 5.41) is 0. The van der Waals surface area contributed by atoms with E-state index in [4.69, 9.17) is 14.2 Å². The van der Waals surface area contributed by atoms with E-state index in [1.807, 2.05) is 0 Å². The highest BCUT2D eigenvalue weighted by molar-refractivity contribution is 5.71. The maximum Gasteiger partial charge on any atom is 0.306 e. The van der Waals surface area contributed by atoms with Crippen LogP contribution in [0.15, 0.2) is 0 Å². The van der Waals surface area contributed by atoms with Crippen molar-refractivity contribution in [3.8, 4) is 0 Å². The Labute approximate surface area is 387 Å². The van der Waals surface area contributed by atoms with Crippen molar-refractivity contribution in [1.82, 2.24) is 0 Å². The first-order valence-electron chi connectivity index (χ1n) is 27.8. The second-order valence-electron chi connectivity index (χ2n) is 19.9. The molecule has 0 bridgehead atoms. The predicted octanol–water partition coefficient (Wildman–Crippen LogP) is 18.1. The Hall–Kier alpha value is -1.59. The van der Waals surface area contributed by atoms with Gasteiger partial charge in [0.05, 0.1) is 0 Å². The van der Waals surface area contributed by atoms with E-state index in [2.05, 4.69) is 34.6 Å². The van der Waals surface area contributed by atoms with Crippen molar-refractivity contribution < 1.29 is 28.6 Å². The third-order valence-corrected chi connectivity index (χ3v) is 13.1. The van der Waals surface area contributed by atoms with Crippen LogP contribution in [-0.2, 0) is 28.6 Å². The molecule has 6 nitrogen and oxygen atoms in total. The number of hydrogen-bond acceptors (Lipinski definition) is 6. The molecular weight excluding hydrogens is 769 g/mol. The Morgan fingerprint density at radius 1 is 0.339 bits per heavy atom. The maximum absolute atomic E-state index is 12.8. The molecule has 0 aliphatic rings. The highest BCUT2D eigenvalue weighted by Gasteiger charge is 2.19. The molecule has 0 spiro atoms. The van der Waals surface area contributed by atoms with Crippen LogP contribution in [0.2, 0.25) is 0 Å². The van der Waals surface area contributed by atoms with E-state index in [-0.39, 0.29) is 31.1 Å². The predicted molar refractivity (Wildman–Crippen MR) is 266 cm³/mol. The molecule has 0 aromatic rings. The Balaban J connectivity index is 4.12. The van der Waals surface area contributed by atoms with Crippen LogP contribution in [-0.4, -0.2) is 37.2 Å². The maximum atomic E-state index is 12.8. The normalized spacial score (nSPS) is 12.5. The zero-order chi connectivity index (χ0) is 45.4. The van der Waals surface area contributed by atoms with Gasteiger partial charge >= 0.3 is 17.9 Å². The van der Waals surface area contributed by atoms with E-state index in [0.29, 0.717) is 19.3 Å². The molecular formula is C56H108O6. The molecule has 0 amide bonds. The third kappa shape index (κ3) is 47.9. The fourth-order valence-electron chi connectivity index (χ4n) is 8.49. The summed E-state index contributed by atoms with van der Waals surface area (Å²) < 4.78 is 16.8. The number of carbonyl (C=O) groups is 3. The minimum Gasteiger partial charge on any atom is -0.462 e. The first-order valence-corrected chi connectivity index (χ1v) is 27.8. The Bertz CT molecular complexity index is 949. The molecule has 0 saturated heterocycles. The number of hydrogen-bond donors (Lipinski definition) is 0. The van der Waals surface area contributed by atoms with E-state index in [9.17, 15) is 14.4 Å². The van der Waals surface area contributed by atoms with Gasteiger partial charge in [0.25, 0.3) is 0 Å². The van der Waals surface area contributed by atoms with Crippen LogP contribution in [0.4, 0.5) is 0 Å². The standard InChI is InChI=1S/C56H108O6/c1-6-8-9-10-29-36-41-46-54(57)60-49-53(62-56(59)48-43-38-33-28-24-20-19-21-25-30-34-39-44-51(3)4)50-61-55(58)47-42-37-32-27-23-18-16-14-12-11-13-15-17-22-26-31-35-40-45-52(5)7-2/h51-53H,6-50H2,1-5H3/t52?,53-/m0/s1. The smallest absolute Gasteiger partial charge is 0.306 e. The molecule has 0 fully saturated rings.